The van der Waals surface area contributed by atoms with Gasteiger partial charge in [0.1, 0.15) is 5.82 Å². The van der Waals surface area contributed by atoms with E-state index in [2.05, 4.69) is 10.6 Å². The van der Waals surface area contributed by atoms with E-state index in [1.807, 2.05) is 6.92 Å². The highest BCUT2D eigenvalue weighted by atomic mass is 35.5. The molecule has 0 aromatic heterocycles. The second-order valence-corrected chi connectivity index (χ2v) is 6.58. The lowest BCUT2D eigenvalue weighted by Gasteiger charge is -2.26. The molecule has 0 saturated heterocycles. The van der Waals surface area contributed by atoms with Gasteiger partial charge in [-0.1, -0.05) is 36.7 Å². The lowest BCUT2D eigenvalue weighted by molar-refractivity contribution is -0.125. The van der Waals surface area contributed by atoms with Gasteiger partial charge in [-0.25, -0.2) is 4.39 Å². The van der Waals surface area contributed by atoms with Crippen molar-refractivity contribution in [3.8, 4) is 0 Å². The fourth-order valence-electron chi connectivity index (χ4n) is 2.54. The van der Waals surface area contributed by atoms with Crippen molar-refractivity contribution in [2.75, 3.05) is 18.4 Å². The second kappa shape index (κ2) is 10.0. The van der Waals surface area contributed by atoms with Crippen molar-refractivity contribution in [2.24, 2.45) is 0 Å². The van der Waals surface area contributed by atoms with Crippen molar-refractivity contribution in [1.29, 1.82) is 0 Å². The summed E-state index contributed by atoms with van der Waals surface area (Å²) in [6.07, 6.45) is 0. The molecule has 2 rings (SSSR count). The van der Waals surface area contributed by atoms with Crippen LogP contribution in [-0.2, 0) is 16.1 Å². The zero-order chi connectivity index (χ0) is 19.8. The highest BCUT2D eigenvalue weighted by Gasteiger charge is 2.22. The van der Waals surface area contributed by atoms with Gasteiger partial charge in [-0.05, 0) is 49.4 Å². The standard InChI is InChI=1S/C20H23ClFN3O2/c1-3-25(13-19(26)23-12-15-7-9-17(22)10-8-15)14(2)20(27)24-18-6-4-5-16(21)11-18/h4-11,14H,3,12-13H2,1-2H3,(H,23,26)(H,24,27). The summed E-state index contributed by atoms with van der Waals surface area (Å²) in [5.41, 5.74) is 1.41. The quantitative estimate of drug-likeness (QED) is 0.724. The van der Waals surface area contributed by atoms with Crippen LogP contribution in [0.1, 0.15) is 19.4 Å². The number of halogens is 2. The molecule has 1 unspecified atom stereocenters. The van der Waals surface area contributed by atoms with E-state index in [1.54, 1.807) is 48.2 Å². The molecule has 7 heteroatoms. The van der Waals surface area contributed by atoms with Gasteiger partial charge in [-0.15, -0.1) is 0 Å². The number of hydrogen-bond acceptors (Lipinski definition) is 3. The number of hydrogen-bond donors (Lipinski definition) is 2. The summed E-state index contributed by atoms with van der Waals surface area (Å²) < 4.78 is 12.9. The largest absolute Gasteiger partial charge is 0.351 e. The minimum Gasteiger partial charge on any atom is -0.351 e. The lowest BCUT2D eigenvalue weighted by atomic mass is 10.2. The monoisotopic (exact) mass is 391 g/mol. The first-order valence-electron chi connectivity index (χ1n) is 8.70. The molecular formula is C20H23ClFN3O2. The third kappa shape index (κ3) is 6.66. The van der Waals surface area contributed by atoms with Crippen molar-refractivity contribution in [2.45, 2.75) is 26.4 Å². The van der Waals surface area contributed by atoms with Gasteiger partial charge in [0.2, 0.25) is 11.8 Å². The zero-order valence-corrected chi connectivity index (χ0v) is 16.1. The Bertz CT molecular complexity index is 783. The summed E-state index contributed by atoms with van der Waals surface area (Å²) in [7, 11) is 0. The molecule has 0 aliphatic heterocycles. The van der Waals surface area contributed by atoms with Crippen molar-refractivity contribution < 1.29 is 14.0 Å². The molecule has 0 heterocycles. The van der Waals surface area contributed by atoms with Crippen LogP contribution in [0.3, 0.4) is 0 Å². The van der Waals surface area contributed by atoms with Crippen LogP contribution in [0, 0.1) is 5.82 Å². The van der Waals surface area contributed by atoms with Gasteiger partial charge in [0.25, 0.3) is 0 Å². The zero-order valence-electron chi connectivity index (χ0n) is 15.3. The Balaban J connectivity index is 1.87. The number of carbonyl (C=O) groups excluding carboxylic acids is 2. The first-order valence-corrected chi connectivity index (χ1v) is 9.08. The normalized spacial score (nSPS) is 11.9. The van der Waals surface area contributed by atoms with E-state index in [1.165, 1.54) is 12.1 Å². The molecular weight excluding hydrogens is 369 g/mol. The smallest absolute Gasteiger partial charge is 0.241 e. The van der Waals surface area contributed by atoms with Gasteiger partial charge in [0, 0.05) is 17.3 Å². The van der Waals surface area contributed by atoms with E-state index in [4.69, 9.17) is 11.6 Å². The highest BCUT2D eigenvalue weighted by Crippen LogP contribution is 2.15. The van der Waals surface area contributed by atoms with E-state index in [0.717, 1.165) is 5.56 Å². The molecule has 0 saturated carbocycles. The first-order chi connectivity index (χ1) is 12.9. The summed E-state index contributed by atoms with van der Waals surface area (Å²) in [6, 6.07) is 12.3. The summed E-state index contributed by atoms with van der Waals surface area (Å²) in [5.74, 6) is -0.740. The van der Waals surface area contributed by atoms with Gasteiger partial charge in [-0.3, -0.25) is 14.5 Å². The number of anilines is 1. The molecule has 2 aromatic carbocycles. The Morgan fingerprint density at radius 2 is 1.89 bits per heavy atom. The van der Waals surface area contributed by atoms with Crippen molar-refractivity contribution in [3.05, 3.63) is 64.9 Å². The average molecular weight is 392 g/mol. The molecule has 0 aliphatic carbocycles. The first kappa shape index (κ1) is 20.9. The fraction of sp³-hybridized carbons (Fsp3) is 0.300. The van der Waals surface area contributed by atoms with Crippen LogP contribution in [0.15, 0.2) is 48.5 Å². The maximum atomic E-state index is 12.9. The van der Waals surface area contributed by atoms with Crippen LogP contribution in [0.2, 0.25) is 5.02 Å². The summed E-state index contributed by atoms with van der Waals surface area (Å²) in [5, 5.41) is 6.12. The fourth-order valence-corrected chi connectivity index (χ4v) is 2.73. The van der Waals surface area contributed by atoms with Crippen LogP contribution in [-0.4, -0.2) is 35.8 Å². The van der Waals surface area contributed by atoms with Gasteiger partial charge in [0.15, 0.2) is 0 Å². The molecule has 0 aliphatic rings. The third-order valence-electron chi connectivity index (χ3n) is 4.18. The lowest BCUT2D eigenvalue weighted by Crippen LogP contribution is -2.46. The number of carbonyl (C=O) groups is 2. The van der Waals surface area contributed by atoms with E-state index in [0.29, 0.717) is 23.8 Å². The van der Waals surface area contributed by atoms with Crippen LogP contribution in [0.25, 0.3) is 0 Å². The number of rotatable bonds is 8. The number of amides is 2. The molecule has 1 atom stereocenters. The highest BCUT2D eigenvalue weighted by molar-refractivity contribution is 6.30. The van der Waals surface area contributed by atoms with E-state index < -0.39 is 6.04 Å². The number of nitrogens with zero attached hydrogens (tertiary/aromatic N) is 1. The van der Waals surface area contributed by atoms with Crippen LogP contribution >= 0.6 is 11.6 Å². The molecule has 27 heavy (non-hydrogen) atoms. The Labute approximate surface area is 163 Å². The van der Waals surface area contributed by atoms with E-state index in [9.17, 15) is 14.0 Å². The predicted octanol–water partition coefficient (Wildman–Crippen LogP) is 3.44. The summed E-state index contributed by atoms with van der Waals surface area (Å²) in [6.45, 7) is 4.56. The average Bonchev–Trinajstić information content (AvgIpc) is 2.65. The molecule has 2 amide bonds. The third-order valence-corrected chi connectivity index (χ3v) is 4.41. The van der Waals surface area contributed by atoms with Crippen LogP contribution in [0.4, 0.5) is 10.1 Å². The van der Waals surface area contributed by atoms with Gasteiger partial charge in [-0.2, -0.15) is 0 Å². The number of benzene rings is 2. The molecule has 5 nitrogen and oxygen atoms in total. The van der Waals surface area contributed by atoms with Crippen LogP contribution in [0.5, 0.6) is 0 Å². The molecule has 0 radical (unpaired) electrons. The van der Waals surface area contributed by atoms with Crippen molar-refractivity contribution in [3.63, 3.8) is 0 Å². The molecule has 2 N–H and O–H groups in total. The van der Waals surface area contributed by atoms with Crippen LogP contribution < -0.4 is 10.6 Å². The van der Waals surface area contributed by atoms with Gasteiger partial charge >= 0.3 is 0 Å². The van der Waals surface area contributed by atoms with E-state index in [-0.39, 0.29) is 24.2 Å². The minimum atomic E-state index is -0.495. The summed E-state index contributed by atoms with van der Waals surface area (Å²) in [4.78, 5) is 26.4. The Kier molecular flexibility index (Phi) is 7.76. The number of likely N-dealkylation sites (N-methyl/N-ethyl adjacent to an activating group) is 1. The summed E-state index contributed by atoms with van der Waals surface area (Å²) >= 11 is 5.93. The molecule has 0 fully saturated rings. The van der Waals surface area contributed by atoms with Crippen molar-refractivity contribution >= 4 is 29.1 Å². The predicted molar refractivity (Wildman–Crippen MR) is 105 cm³/mol. The molecule has 144 valence electrons. The molecule has 0 spiro atoms. The SMILES string of the molecule is CCN(CC(=O)NCc1ccc(F)cc1)C(C)C(=O)Nc1cccc(Cl)c1. The van der Waals surface area contributed by atoms with Gasteiger partial charge in [0.05, 0.1) is 12.6 Å². The maximum absolute atomic E-state index is 12.9. The van der Waals surface area contributed by atoms with E-state index >= 15 is 0 Å². The van der Waals surface area contributed by atoms with Crippen molar-refractivity contribution in [1.82, 2.24) is 10.2 Å². The Morgan fingerprint density at radius 1 is 1.19 bits per heavy atom. The minimum absolute atomic E-state index is 0.0851. The second-order valence-electron chi connectivity index (χ2n) is 6.14. The molecule has 2 aromatic rings. The Morgan fingerprint density at radius 3 is 2.52 bits per heavy atom. The number of nitrogens with one attached hydrogen (secondary N) is 2. The molecule has 0 bridgehead atoms. The Hall–Kier alpha value is -2.44. The van der Waals surface area contributed by atoms with Gasteiger partial charge < -0.3 is 10.6 Å². The maximum Gasteiger partial charge on any atom is 0.241 e. The topological polar surface area (TPSA) is 61.4 Å².